The Morgan fingerprint density at radius 3 is 2.50 bits per heavy atom. The molecule has 0 saturated heterocycles. The molecule has 6 nitrogen and oxygen atoms in total. The zero-order valence-electron chi connectivity index (χ0n) is 12.6. The lowest BCUT2D eigenvalue weighted by atomic mass is 10.1. The molecule has 0 saturated carbocycles. The van der Waals surface area contributed by atoms with E-state index in [1.807, 2.05) is 17.5 Å². The second-order valence-electron chi connectivity index (χ2n) is 5.32. The van der Waals surface area contributed by atoms with E-state index in [9.17, 15) is 9.59 Å². The van der Waals surface area contributed by atoms with Crippen molar-refractivity contribution in [3.05, 3.63) is 70.6 Å². The molecule has 4 rings (SSSR count). The van der Waals surface area contributed by atoms with E-state index in [0.717, 1.165) is 10.9 Å². The fraction of sp³-hybridized carbons (Fsp3) is 0.118. The molecular formula is C17H13N3O3S. The second-order valence-corrected chi connectivity index (χ2v) is 6.18. The minimum absolute atomic E-state index is 0.172. The van der Waals surface area contributed by atoms with Gasteiger partial charge in [-0.3, -0.25) is 14.5 Å². The first-order valence-corrected chi connectivity index (χ1v) is 8.26. The normalized spacial score (nSPS) is 13.4. The Hall–Kier alpha value is -2.93. The predicted molar refractivity (Wildman–Crippen MR) is 88.8 cm³/mol. The zero-order chi connectivity index (χ0) is 16.5. The number of hydrogen-bond donors (Lipinski definition) is 1. The molecule has 120 valence electrons. The highest BCUT2D eigenvalue weighted by Crippen LogP contribution is 2.25. The smallest absolute Gasteiger partial charge is 0.261 e. The first kappa shape index (κ1) is 14.6. The van der Waals surface area contributed by atoms with Crippen LogP contribution in [0, 0.1) is 0 Å². The number of carbonyl (C=O) groups is 2. The molecule has 0 bridgehead atoms. The lowest BCUT2D eigenvalue weighted by Gasteiger charge is -2.11. The molecular weight excluding hydrogens is 326 g/mol. The van der Waals surface area contributed by atoms with E-state index < -0.39 is 0 Å². The maximum Gasteiger partial charge on any atom is 0.261 e. The van der Waals surface area contributed by atoms with E-state index in [1.165, 1.54) is 16.2 Å². The summed E-state index contributed by atoms with van der Waals surface area (Å²) in [5.74, 6) is 0.273. The van der Waals surface area contributed by atoms with Gasteiger partial charge in [0.05, 0.1) is 36.2 Å². The maximum absolute atomic E-state index is 12.4. The van der Waals surface area contributed by atoms with Crippen LogP contribution in [-0.2, 0) is 13.1 Å². The monoisotopic (exact) mass is 339 g/mol. The Morgan fingerprint density at radius 1 is 1.08 bits per heavy atom. The van der Waals surface area contributed by atoms with E-state index in [4.69, 9.17) is 4.42 Å². The highest BCUT2D eigenvalue weighted by molar-refractivity contribution is 7.13. The van der Waals surface area contributed by atoms with Crippen molar-refractivity contribution in [2.75, 3.05) is 5.32 Å². The average molecular weight is 339 g/mol. The number of hydrogen-bond acceptors (Lipinski definition) is 6. The summed E-state index contributed by atoms with van der Waals surface area (Å²) < 4.78 is 5.25. The highest BCUT2D eigenvalue weighted by atomic mass is 32.1. The van der Waals surface area contributed by atoms with Gasteiger partial charge >= 0.3 is 0 Å². The van der Waals surface area contributed by atoms with Crippen LogP contribution in [0.15, 0.2) is 52.5 Å². The van der Waals surface area contributed by atoms with Gasteiger partial charge in [0.15, 0.2) is 5.13 Å². The first-order chi connectivity index (χ1) is 11.7. The molecule has 2 amide bonds. The van der Waals surface area contributed by atoms with Gasteiger partial charge in [-0.15, -0.1) is 11.3 Å². The highest BCUT2D eigenvalue weighted by Gasteiger charge is 2.35. The van der Waals surface area contributed by atoms with Crippen molar-refractivity contribution >= 4 is 28.3 Å². The van der Waals surface area contributed by atoms with Gasteiger partial charge in [-0.2, -0.15) is 0 Å². The lowest BCUT2D eigenvalue weighted by molar-refractivity contribution is 0.0640. The third-order valence-electron chi connectivity index (χ3n) is 3.74. The summed E-state index contributed by atoms with van der Waals surface area (Å²) in [5, 5.41) is 5.72. The predicted octanol–water partition coefficient (Wildman–Crippen LogP) is 3.14. The molecule has 1 aromatic carbocycles. The summed E-state index contributed by atoms with van der Waals surface area (Å²) in [6, 6.07) is 10.6. The number of amides is 2. The van der Waals surface area contributed by atoms with Crippen molar-refractivity contribution in [2.45, 2.75) is 13.1 Å². The number of imide groups is 1. The molecule has 3 aromatic rings. The minimum Gasteiger partial charge on any atom is -0.467 e. The third kappa shape index (κ3) is 2.59. The van der Waals surface area contributed by atoms with E-state index in [0.29, 0.717) is 23.4 Å². The van der Waals surface area contributed by atoms with Crippen LogP contribution in [0.5, 0.6) is 0 Å². The fourth-order valence-corrected chi connectivity index (χ4v) is 3.28. The van der Waals surface area contributed by atoms with Crippen molar-refractivity contribution in [3.8, 4) is 0 Å². The molecule has 24 heavy (non-hydrogen) atoms. The van der Waals surface area contributed by atoms with Gasteiger partial charge in [-0.05, 0) is 24.3 Å². The van der Waals surface area contributed by atoms with Crippen molar-refractivity contribution in [3.63, 3.8) is 0 Å². The molecule has 0 unspecified atom stereocenters. The molecule has 0 aliphatic carbocycles. The Morgan fingerprint density at radius 2 is 1.83 bits per heavy atom. The number of anilines is 1. The Balaban J connectivity index is 1.45. The molecule has 3 heterocycles. The number of fused-ring (bicyclic) bond motifs is 1. The summed E-state index contributed by atoms with van der Waals surface area (Å²) in [4.78, 5) is 30.4. The van der Waals surface area contributed by atoms with Crippen molar-refractivity contribution in [1.82, 2.24) is 9.88 Å². The van der Waals surface area contributed by atoms with E-state index in [2.05, 4.69) is 10.3 Å². The SMILES string of the molecule is O=C1c2ccccc2C(=O)N1Cc1csc(NCc2ccco2)n1. The van der Waals surface area contributed by atoms with Crippen LogP contribution >= 0.6 is 11.3 Å². The quantitative estimate of drug-likeness (QED) is 0.723. The maximum atomic E-state index is 12.4. The first-order valence-electron chi connectivity index (χ1n) is 7.38. The van der Waals surface area contributed by atoms with Gasteiger partial charge in [-0.1, -0.05) is 12.1 Å². The van der Waals surface area contributed by atoms with Crippen LogP contribution in [-0.4, -0.2) is 21.7 Å². The molecule has 2 aromatic heterocycles. The van der Waals surface area contributed by atoms with Crippen LogP contribution in [0.2, 0.25) is 0 Å². The van der Waals surface area contributed by atoms with Crippen molar-refractivity contribution < 1.29 is 14.0 Å². The molecule has 1 aliphatic rings. The molecule has 0 radical (unpaired) electrons. The second kappa shape index (κ2) is 5.93. The summed E-state index contributed by atoms with van der Waals surface area (Å²) in [7, 11) is 0. The Kier molecular flexibility index (Phi) is 3.62. The summed E-state index contributed by atoms with van der Waals surface area (Å²) in [6.45, 7) is 0.707. The number of thiazole rings is 1. The van der Waals surface area contributed by atoms with Crippen LogP contribution in [0.1, 0.15) is 32.2 Å². The van der Waals surface area contributed by atoms with Gasteiger partial charge in [0.2, 0.25) is 0 Å². The van der Waals surface area contributed by atoms with E-state index in [-0.39, 0.29) is 18.4 Å². The van der Waals surface area contributed by atoms with Gasteiger partial charge in [0.25, 0.3) is 11.8 Å². The van der Waals surface area contributed by atoms with Crippen LogP contribution in [0.4, 0.5) is 5.13 Å². The number of carbonyl (C=O) groups excluding carboxylic acids is 2. The molecule has 7 heteroatoms. The minimum atomic E-state index is -0.270. The van der Waals surface area contributed by atoms with Gasteiger partial charge < -0.3 is 9.73 Å². The topological polar surface area (TPSA) is 75.4 Å². The number of nitrogens with zero attached hydrogens (tertiary/aromatic N) is 2. The third-order valence-corrected chi connectivity index (χ3v) is 4.59. The summed E-state index contributed by atoms with van der Waals surface area (Å²) >= 11 is 1.43. The number of benzene rings is 1. The molecule has 1 N–H and O–H groups in total. The Labute approximate surface area is 141 Å². The van der Waals surface area contributed by atoms with Crippen LogP contribution < -0.4 is 5.32 Å². The fourth-order valence-electron chi connectivity index (χ4n) is 2.58. The van der Waals surface area contributed by atoms with E-state index in [1.54, 1.807) is 30.5 Å². The zero-order valence-corrected chi connectivity index (χ0v) is 13.4. The molecule has 0 spiro atoms. The molecule has 0 atom stereocenters. The van der Waals surface area contributed by atoms with Gasteiger partial charge in [0.1, 0.15) is 5.76 Å². The average Bonchev–Trinajstić information content (AvgIpc) is 3.32. The standard InChI is InChI=1S/C17H13N3O3S/c21-15-13-5-1-2-6-14(13)16(22)20(15)9-11-10-24-17(19-11)18-8-12-4-3-7-23-12/h1-7,10H,8-9H2,(H,18,19). The summed E-state index contributed by atoms with van der Waals surface area (Å²) in [5.41, 5.74) is 1.58. The summed E-state index contributed by atoms with van der Waals surface area (Å²) in [6.07, 6.45) is 1.62. The molecule has 0 fully saturated rings. The van der Waals surface area contributed by atoms with Crippen molar-refractivity contribution in [2.24, 2.45) is 0 Å². The van der Waals surface area contributed by atoms with Gasteiger partial charge in [-0.25, -0.2) is 4.98 Å². The van der Waals surface area contributed by atoms with Gasteiger partial charge in [0, 0.05) is 5.38 Å². The van der Waals surface area contributed by atoms with Crippen molar-refractivity contribution in [1.29, 1.82) is 0 Å². The largest absolute Gasteiger partial charge is 0.467 e. The van der Waals surface area contributed by atoms with E-state index >= 15 is 0 Å². The lowest BCUT2D eigenvalue weighted by Crippen LogP contribution is -2.29. The van der Waals surface area contributed by atoms with Crippen LogP contribution in [0.25, 0.3) is 0 Å². The molecule has 1 aliphatic heterocycles. The Bertz CT molecular complexity index is 866. The number of aromatic nitrogens is 1. The van der Waals surface area contributed by atoms with Crippen LogP contribution in [0.3, 0.4) is 0 Å². The number of rotatable bonds is 5. The number of furan rings is 1. The number of nitrogens with one attached hydrogen (secondary N) is 1.